The lowest BCUT2D eigenvalue weighted by atomic mass is 10.2. The molecule has 0 aliphatic heterocycles. The Bertz CT molecular complexity index is 560. The van der Waals surface area contributed by atoms with Gasteiger partial charge in [-0.25, -0.2) is 4.98 Å². The number of ether oxygens (including phenoxy) is 1. The molecule has 0 unspecified atom stereocenters. The van der Waals surface area contributed by atoms with E-state index in [0.717, 1.165) is 15.9 Å². The van der Waals surface area contributed by atoms with Crippen molar-refractivity contribution in [2.75, 3.05) is 26.0 Å². The number of pyridine rings is 1. The molecule has 100 valence electrons. The highest BCUT2D eigenvalue weighted by molar-refractivity contribution is 7.99. The van der Waals surface area contributed by atoms with Crippen molar-refractivity contribution >= 4 is 28.6 Å². The van der Waals surface area contributed by atoms with Crippen LogP contribution >= 0.6 is 11.8 Å². The minimum Gasteiger partial charge on any atom is -0.383 e. The molecule has 2 aromatic rings. The fraction of sp³-hybridized carbons (Fsp3) is 0.286. The van der Waals surface area contributed by atoms with Crippen LogP contribution in [0.15, 0.2) is 41.4 Å². The van der Waals surface area contributed by atoms with Crippen LogP contribution in [0.1, 0.15) is 0 Å². The van der Waals surface area contributed by atoms with E-state index in [1.54, 1.807) is 7.11 Å². The largest absolute Gasteiger partial charge is 0.383 e. The summed E-state index contributed by atoms with van der Waals surface area (Å²) >= 11 is 1.44. The van der Waals surface area contributed by atoms with Crippen molar-refractivity contribution in [1.29, 1.82) is 0 Å². The molecule has 19 heavy (non-hydrogen) atoms. The molecule has 1 amide bonds. The van der Waals surface area contributed by atoms with Crippen molar-refractivity contribution in [1.82, 2.24) is 10.3 Å². The molecule has 0 aliphatic carbocycles. The Balaban J connectivity index is 1.89. The molecule has 1 N–H and O–H groups in total. The molecule has 0 aliphatic rings. The number of hydrogen-bond donors (Lipinski definition) is 1. The molecule has 0 atom stereocenters. The summed E-state index contributed by atoms with van der Waals surface area (Å²) in [6.45, 7) is 1.08. The summed E-state index contributed by atoms with van der Waals surface area (Å²) in [5.74, 6) is 0.367. The van der Waals surface area contributed by atoms with Gasteiger partial charge < -0.3 is 10.1 Å². The van der Waals surface area contributed by atoms with E-state index in [2.05, 4.69) is 10.3 Å². The van der Waals surface area contributed by atoms with Crippen LogP contribution in [-0.2, 0) is 9.53 Å². The Kier molecular flexibility index (Phi) is 5.18. The van der Waals surface area contributed by atoms with Gasteiger partial charge in [-0.3, -0.25) is 4.79 Å². The number of benzene rings is 1. The Hall–Kier alpha value is -1.59. The first-order valence-corrected chi connectivity index (χ1v) is 7.02. The molecule has 0 radical (unpaired) electrons. The van der Waals surface area contributed by atoms with Crippen LogP contribution in [0.3, 0.4) is 0 Å². The Labute approximate surface area is 116 Å². The minimum absolute atomic E-state index is 0.00277. The third-order valence-electron chi connectivity index (χ3n) is 2.55. The molecule has 1 heterocycles. The zero-order valence-electron chi connectivity index (χ0n) is 10.8. The van der Waals surface area contributed by atoms with E-state index in [1.807, 2.05) is 36.4 Å². The van der Waals surface area contributed by atoms with Crippen LogP contribution in [0.5, 0.6) is 0 Å². The van der Waals surface area contributed by atoms with Gasteiger partial charge >= 0.3 is 0 Å². The third kappa shape index (κ3) is 4.22. The lowest BCUT2D eigenvalue weighted by Gasteiger charge is -2.04. The quantitative estimate of drug-likeness (QED) is 0.648. The summed E-state index contributed by atoms with van der Waals surface area (Å²) in [4.78, 5) is 16.0. The van der Waals surface area contributed by atoms with Crippen molar-refractivity contribution in [3.63, 3.8) is 0 Å². The number of carbonyl (C=O) groups excluding carboxylic acids is 1. The maximum absolute atomic E-state index is 11.5. The minimum atomic E-state index is -0.00277. The van der Waals surface area contributed by atoms with E-state index in [9.17, 15) is 4.79 Å². The van der Waals surface area contributed by atoms with Crippen LogP contribution in [0.2, 0.25) is 0 Å². The van der Waals surface area contributed by atoms with Crippen molar-refractivity contribution < 1.29 is 9.53 Å². The van der Waals surface area contributed by atoms with Gasteiger partial charge in [0.1, 0.15) is 0 Å². The van der Waals surface area contributed by atoms with Crippen molar-refractivity contribution in [3.05, 3.63) is 36.4 Å². The predicted octanol–water partition coefficient (Wildman–Crippen LogP) is 2.09. The fourth-order valence-electron chi connectivity index (χ4n) is 1.61. The Morgan fingerprint density at radius 2 is 2.16 bits per heavy atom. The highest BCUT2D eigenvalue weighted by Crippen LogP contribution is 2.19. The first-order chi connectivity index (χ1) is 9.29. The number of nitrogens with one attached hydrogen (secondary N) is 1. The number of carbonyl (C=O) groups is 1. The zero-order chi connectivity index (χ0) is 13.5. The van der Waals surface area contributed by atoms with Gasteiger partial charge in [0.05, 0.1) is 22.9 Å². The summed E-state index contributed by atoms with van der Waals surface area (Å²) in [6.07, 6.45) is 0. The van der Waals surface area contributed by atoms with E-state index in [0.29, 0.717) is 18.9 Å². The topological polar surface area (TPSA) is 51.2 Å². The normalized spacial score (nSPS) is 10.6. The number of rotatable bonds is 6. The molecule has 1 aromatic carbocycles. The van der Waals surface area contributed by atoms with E-state index >= 15 is 0 Å². The third-order valence-corrected chi connectivity index (χ3v) is 3.48. The number of thioether (sulfide) groups is 1. The average molecular weight is 276 g/mol. The molecule has 0 saturated heterocycles. The lowest BCUT2D eigenvalue weighted by Crippen LogP contribution is -2.28. The van der Waals surface area contributed by atoms with E-state index < -0.39 is 0 Å². The highest BCUT2D eigenvalue weighted by Gasteiger charge is 2.04. The van der Waals surface area contributed by atoms with Crippen LogP contribution in [-0.4, -0.2) is 36.9 Å². The van der Waals surface area contributed by atoms with Gasteiger partial charge in [0.2, 0.25) is 5.91 Å². The molecule has 0 saturated carbocycles. The van der Waals surface area contributed by atoms with Gasteiger partial charge in [-0.05, 0) is 12.1 Å². The van der Waals surface area contributed by atoms with Gasteiger partial charge in [-0.15, -0.1) is 0 Å². The summed E-state index contributed by atoms with van der Waals surface area (Å²) in [5, 5.41) is 4.75. The van der Waals surface area contributed by atoms with Crippen molar-refractivity contribution in [2.45, 2.75) is 5.03 Å². The van der Waals surface area contributed by atoms with Gasteiger partial charge in [-0.1, -0.05) is 36.0 Å². The molecule has 1 aromatic heterocycles. The number of amides is 1. The molecule has 0 bridgehead atoms. The number of nitrogens with zero attached hydrogens (tertiary/aromatic N) is 1. The number of fused-ring (bicyclic) bond motifs is 1. The summed E-state index contributed by atoms with van der Waals surface area (Å²) in [5.41, 5.74) is 0.951. The number of aromatic nitrogens is 1. The molecule has 4 nitrogen and oxygen atoms in total. The summed E-state index contributed by atoms with van der Waals surface area (Å²) in [6, 6.07) is 11.9. The monoisotopic (exact) mass is 276 g/mol. The van der Waals surface area contributed by atoms with Gasteiger partial charge in [0.15, 0.2) is 0 Å². The zero-order valence-corrected chi connectivity index (χ0v) is 11.6. The van der Waals surface area contributed by atoms with E-state index in [-0.39, 0.29) is 5.91 Å². The van der Waals surface area contributed by atoms with Crippen LogP contribution in [0, 0.1) is 0 Å². The highest BCUT2D eigenvalue weighted by atomic mass is 32.2. The number of hydrogen-bond acceptors (Lipinski definition) is 4. The SMILES string of the molecule is COCCNC(=O)CSc1ccc2ccccc2n1. The second-order valence-electron chi connectivity index (χ2n) is 3.97. The number of methoxy groups -OCH3 is 1. The summed E-state index contributed by atoms with van der Waals surface area (Å²) in [7, 11) is 1.61. The second-order valence-corrected chi connectivity index (χ2v) is 4.97. The predicted molar refractivity (Wildman–Crippen MR) is 77.4 cm³/mol. The maximum atomic E-state index is 11.5. The fourth-order valence-corrected chi connectivity index (χ4v) is 2.32. The molecule has 2 rings (SSSR count). The molecular formula is C14H16N2O2S. The molecular weight excluding hydrogens is 260 g/mol. The maximum Gasteiger partial charge on any atom is 0.230 e. The Morgan fingerprint density at radius 3 is 3.00 bits per heavy atom. The smallest absolute Gasteiger partial charge is 0.230 e. The van der Waals surface area contributed by atoms with Crippen molar-refractivity contribution in [2.24, 2.45) is 0 Å². The first-order valence-electron chi connectivity index (χ1n) is 6.04. The van der Waals surface area contributed by atoms with Crippen LogP contribution < -0.4 is 5.32 Å². The van der Waals surface area contributed by atoms with Crippen LogP contribution in [0.25, 0.3) is 10.9 Å². The van der Waals surface area contributed by atoms with Crippen molar-refractivity contribution in [3.8, 4) is 0 Å². The average Bonchev–Trinajstić information content (AvgIpc) is 2.45. The molecule has 0 spiro atoms. The second kappa shape index (κ2) is 7.11. The first kappa shape index (κ1) is 13.8. The van der Waals surface area contributed by atoms with E-state index in [1.165, 1.54) is 11.8 Å². The molecule has 0 fully saturated rings. The van der Waals surface area contributed by atoms with Gasteiger partial charge in [0.25, 0.3) is 0 Å². The van der Waals surface area contributed by atoms with Crippen LogP contribution in [0.4, 0.5) is 0 Å². The van der Waals surface area contributed by atoms with Gasteiger partial charge in [0, 0.05) is 19.0 Å². The number of para-hydroxylation sites is 1. The summed E-state index contributed by atoms with van der Waals surface area (Å²) < 4.78 is 4.87. The van der Waals surface area contributed by atoms with Gasteiger partial charge in [-0.2, -0.15) is 0 Å². The lowest BCUT2D eigenvalue weighted by molar-refractivity contribution is -0.118. The molecule has 5 heteroatoms. The van der Waals surface area contributed by atoms with E-state index in [4.69, 9.17) is 4.74 Å². The standard InChI is InChI=1S/C14H16N2O2S/c1-18-9-8-15-13(17)10-19-14-7-6-11-4-2-3-5-12(11)16-14/h2-7H,8-10H2,1H3,(H,15,17). The Morgan fingerprint density at radius 1 is 1.32 bits per heavy atom.